The zero-order valence-electron chi connectivity index (χ0n) is 11.6. The largest absolute Gasteiger partial charge is 0.457 e. The van der Waals surface area contributed by atoms with Crippen molar-refractivity contribution < 1.29 is 4.74 Å². The summed E-state index contributed by atoms with van der Waals surface area (Å²) in [6.07, 6.45) is 2.05. The van der Waals surface area contributed by atoms with E-state index < -0.39 is 0 Å². The van der Waals surface area contributed by atoms with Crippen molar-refractivity contribution >= 4 is 0 Å². The average Bonchev–Trinajstić information content (AvgIpc) is 2.41. The van der Waals surface area contributed by atoms with Crippen LogP contribution in [0, 0.1) is 13.8 Å². The van der Waals surface area contributed by atoms with Gasteiger partial charge in [0.15, 0.2) is 0 Å². The van der Waals surface area contributed by atoms with Crippen molar-refractivity contribution in [1.29, 1.82) is 0 Å². The second-order valence-electron chi connectivity index (χ2n) is 4.91. The number of nitrogens with two attached hydrogens (primary N) is 1. The average molecular weight is 255 g/mol. The summed E-state index contributed by atoms with van der Waals surface area (Å²) >= 11 is 0. The quantitative estimate of drug-likeness (QED) is 0.876. The molecular formula is C17H21NO. The van der Waals surface area contributed by atoms with Crippen molar-refractivity contribution in [1.82, 2.24) is 0 Å². The van der Waals surface area contributed by atoms with Gasteiger partial charge in [-0.2, -0.15) is 0 Å². The number of hydrogen-bond acceptors (Lipinski definition) is 2. The van der Waals surface area contributed by atoms with Gasteiger partial charge in [0.25, 0.3) is 0 Å². The molecule has 0 aromatic heterocycles. The second kappa shape index (κ2) is 6.39. The Labute approximate surface area is 115 Å². The SMILES string of the molecule is Cc1ccc(Oc2ccc(CCCN)cc2)c(C)c1. The van der Waals surface area contributed by atoms with Gasteiger partial charge in [-0.05, 0) is 62.6 Å². The van der Waals surface area contributed by atoms with Crippen molar-refractivity contribution in [2.45, 2.75) is 26.7 Å². The normalized spacial score (nSPS) is 10.5. The Morgan fingerprint density at radius 1 is 1.00 bits per heavy atom. The van der Waals surface area contributed by atoms with E-state index in [0.29, 0.717) is 0 Å². The van der Waals surface area contributed by atoms with E-state index in [9.17, 15) is 0 Å². The monoisotopic (exact) mass is 255 g/mol. The number of benzene rings is 2. The van der Waals surface area contributed by atoms with E-state index in [-0.39, 0.29) is 0 Å². The van der Waals surface area contributed by atoms with E-state index in [4.69, 9.17) is 10.5 Å². The van der Waals surface area contributed by atoms with Gasteiger partial charge < -0.3 is 10.5 Å². The molecule has 2 rings (SSSR count). The summed E-state index contributed by atoms with van der Waals surface area (Å²) < 4.78 is 5.90. The molecule has 0 radical (unpaired) electrons. The van der Waals surface area contributed by atoms with Gasteiger partial charge in [0.05, 0.1) is 0 Å². The molecule has 19 heavy (non-hydrogen) atoms. The highest BCUT2D eigenvalue weighted by Gasteiger charge is 2.02. The van der Waals surface area contributed by atoms with E-state index in [2.05, 4.69) is 38.1 Å². The Morgan fingerprint density at radius 2 is 1.74 bits per heavy atom. The molecule has 0 bridgehead atoms. The molecule has 2 nitrogen and oxygen atoms in total. The van der Waals surface area contributed by atoms with Crippen LogP contribution in [0.25, 0.3) is 0 Å². The topological polar surface area (TPSA) is 35.2 Å². The van der Waals surface area contributed by atoms with Gasteiger partial charge >= 0.3 is 0 Å². The third kappa shape index (κ3) is 3.83. The van der Waals surface area contributed by atoms with Crippen LogP contribution in [0.3, 0.4) is 0 Å². The van der Waals surface area contributed by atoms with Gasteiger partial charge in [-0.15, -0.1) is 0 Å². The Morgan fingerprint density at radius 3 is 2.37 bits per heavy atom. The lowest BCUT2D eigenvalue weighted by molar-refractivity contribution is 0.478. The highest BCUT2D eigenvalue weighted by molar-refractivity contribution is 5.39. The van der Waals surface area contributed by atoms with Crippen LogP contribution in [0.5, 0.6) is 11.5 Å². The molecule has 100 valence electrons. The zero-order chi connectivity index (χ0) is 13.7. The van der Waals surface area contributed by atoms with Gasteiger partial charge in [0.1, 0.15) is 11.5 Å². The van der Waals surface area contributed by atoms with Crippen LogP contribution in [0.15, 0.2) is 42.5 Å². The predicted octanol–water partition coefficient (Wildman–Crippen LogP) is 3.99. The van der Waals surface area contributed by atoms with Crippen LogP contribution in [0.4, 0.5) is 0 Å². The molecule has 2 N–H and O–H groups in total. The Balaban J connectivity index is 2.06. The fourth-order valence-corrected chi connectivity index (χ4v) is 2.07. The highest BCUT2D eigenvalue weighted by atomic mass is 16.5. The van der Waals surface area contributed by atoms with Crippen LogP contribution in [0.2, 0.25) is 0 Å². The van der Waals surface area contributed by atoms with Gasteiger partial charge in [0.2, 0.25) is 0 Å². The molecule has 2 aromatic carbocycles. The summed E-state index contributed by atoms with van der Waals surface area (Å²) in [4.78, 5) is 0. The molecule has 2 heteroatoms. The predicted molar refractivity (Wildman–Crippen MR) is 79.8 cm³/mol. The van der Waals surface area contributed by atoms with E-state index in [0.717, 1.165) is 36.4 Å². The van der Waals surface area contributed by atoms with Crippen LogP contribution < -0.4 is 10.5 Å². The molecule has 0 amide bonds. The van der Waals surface area contributed by atoms with Crippen molar-refractivity contribution in [2.75, 3.05) is 6.54 Å². The van der Waals surface area contributed by atoms with Crippen LogP contribution in [-0.4, -0.2) is 6.54 Å². The van der Waals surface area contributed by atoms with Crippen molar-refractivity contribution in [3.05, 3.63) is 59.2 Å². The first-order chi connectivity index (χ1) is 9.19. The van der Waals surface area contributed by atoms with E-state index in [1.54, 1.807) is 0 Å². The van der Waals surface area contributed by atoms with Crippen molar-refractivity contribution in [3.8, 4) is 11.5 Å². The summed E-state index contributed by atoms with van der Waals surface area (Å²) in [5, 5.41) is 0. The molecule has 0 aliphatic heterocycles. The number of hydrogen-bond donors (Lipinski definition) is 1. The van der Waals surface area contributed by atoms with Gasteiger partial charge in [-0.25, -0.2) is 0 Å². The molecule has 0 atom stereocenters. The summed E-state index contributed by atoms with van der Waals surface area (Å²) in [6, 6.07) is 14.5. The first kappa shape index (κ1) is 13.6. The lowest BCUT2D eigenvalue weighted by Crippen LogP contribution is -2.00. The highest BCUT2D eigenvalue weighted by Crippen LogP contribution is 2.25. The minimum atomic E-state index is 0.737. The van der Waals surface area contributed by atoms with Gasteiger partial charge in [-0.1, -0.05) is 29.8 Å². The van der Waals surface area contributed by atoms with E-state index >= 15 is 0 Å². The third-order valence-electron chi connectivity index (χ3n) is 3.15. The van der Waals surface area contributed by atoms with Crippen LogP contribution >= 0.6 is 0 Å². The molecule has 0 spiro atoms. The van der Waals surface area contributed by atoms with Crippen LogP contribution in [-0.2, 0) is 6.42 Å². The maximum absolute atomic E-state index is 5.90. The molecule has 2 aromatic rings. The Hall–Kier alpha value is -1.80. The minimum absolute atomic E-state index is 0.737. The maximum Gasteiger partial charge on any atom is 0.130 e. The molecule has 0 unspecified atom stereocenters. The first-order valence-electron chi connectivity index (χ1n) is 6.73. The standard InChI is InChI=1S/C17H21NO/c1-13-5-10-17(14(2)12-13)19-16-8-6-15(7-9-16)4-3-11-18/h5-10,12H,3-4,11,18H2,1-2H3. The Bertz CT molecular complexity index is 531. The van der Waals surface area contributed by atoms with Gasteiger partial charge in [0, 0.05) is 0 Å². The maximum atomic E-state index is 5.90. The number of aryl methyl sites for hydroxylation is 3. The molecular weight excluding hydrogens is 234 g/mol. The summed E-state index contributed by atoms with van der Waals surface area (Å²) in [6.45, 7) is 4.89. The molecule has 0 heterocycles. The van der Waals surface area contributed by atoms with E-state index in [1.165, 1.54) is 11.1 Å². The number of ether oxygens (including phenoxy) is 1. The molecule has 0 aliphatic carbocycles. The third-order valence-corrected chi connectivity index (χ3v) is 3.15. The smallest absolute Gasteiger partial charge is 0.130 e. The zero-order valence-corrected chi connectivity index (χ0v) is 11.6. The molecule has 0 aliphatic rings. The molecule has 0 fully saturated rings. The molecule has 0 saturated carbocycles. The van der Waals surface area contributed by atoms with E-state index in [1.807, 2.05) is 18.2 Å². The Kier molecular flexibility index (Phi) is 4.58. The summed E-state index contributed by atoms with van der Waals surface area (Å²) in [7, 11) is 0. The minimum Gasteiger partial charge on any atom is -0.457 e. The fourth-order valence-electron chi connectivity index (χ4n) is 2.07. The lowest BCUT2D eigenvalue weighted by atomic mass is 10.1. The van der Waals surface area contributed by atoms with Crippen LogP contribution in [0.1, 0.15) is 23.1 Å². The fraction of sp³-hybridized carbons (Fsp3) is 0.294. The second-order valence-corrected chi connectivity index (χ2v) is 4.91. The summed E-state index contributed by atoms with van der Waals surface area (Å²) in [5.41, 5.74) is 9.23. The van der Waals surface area contributed by atoms with Crippen molar-refractivity contribution in [3.63, 3.8) is 0 Å². The van der Waals surface area contributed by atoms with Crippen molar-refractivity contribution in [2.24, 2.45) is 5.73 Å². The first-order valence-corrected chi connectivity index (χ1v) is 6.73. The van der Waals surface area contributed by atoms with Gasteiger partial charge in [-0.3, -0.25) is 0 Å². The lowest BCUT2D eigenvalue weighted by Gasteiger charge is -2.10. The number of rotatable bonds is 5. The summed E-state index contributed by atoms with van der Waals surface area (Å²) in [5.74, 6) is 1.80. The molecule has 0 saturated heterocycles.